The molecule has 0 amide bonds. The first kappa shape index (κ1) is 15.4. The van der Waals surface area contributed by atoms with E-state index in [1.807, 2.05) is 11.9 Å². The van der Waals surface area contributed by atoms with Crippen molar-refractivity contribution in [2.24, 2.45) is 0 Å². The molecule has 0 spiro atoms. The van der Waals surface area contributed by atoms with Crippen LogP contribution in [0, 0.1) is 10.1 Å². The first-order chi connectivity index (χ1) is 9.99. The van der Waals surface area contributed by atoms with Crippen LogP contribution in [-0.2, 0) is 4.74 Å². The van der Waals surface area contributed by atoms with Gasteiger partial charge in [0.2, 0.25) is 0 Å². The Bertz CT molecular complexity index is 538. The second-order valence-electron chi connectivity index (χ2n) is 5.38. The van der Waals surface area contributed by atoms with Gasteiger partial charge in [-0.05, 0) is 38.3 Å². The summed E-state index contributed by atoms with van der Waals surface area (Å²) in [6.45, 7) is 2.85. The predicted octanol–water partition coefficient (Wildman–Crippen LogP) is 2.80. The molecule has 1 saturated heterocycles. The molecule has 0 aliphatic carbocycles. The number of nitro groups is 1. The van der Waals surface area contributed by atoms with Crippen LogP contribution >= 0.6 is 0 Å². The zero-order valence-electron chi connectivity index (χ0n) is 12.4. The van der Waals surface area contributed by atoms with E-state index >= 15 is 0 Å². The van der Waals surface area contributed by atoms with Crippen molar-refractivity contribution in [1.29, 1.82) is 0 Å². The van der Waals surface area contributed by atoms with Gasteiger partial charge in [0.25, 0.3) is 5.69 Å². The molecule has 1 heterocycles. The van der Waals surface area contributed by atoms with E-state index in [1.165, 1.54) is 13.0 Å². The average molecular weight is 292 g/mol. The maximum absolute atomic E-state index is 11.6. The van der Waals surface area contributed by atoms with Gasteiger partial charge in [-0.3, -0.25) is 14.9 Å². The Morgan fingerprint density at radius 1 is 1.48 bits per heavy atom. The van der Waals surface area contributed by atoms with Crippen molar-refractivity contribution in [2.75, 3.05) is 25.1 Å². The molecule has 6 nitrogen and oxygen atoms in total. The zero-order valence-corrected chi connectivity index (χ0v) is 12.4. The number of ether oxygens (including phenoxy) is 1. The van der Waals surface area contributed by atoms with Gasteiger partial charge in [-0.1, -0.05) is 0 Å². The smallest absolute Gasteiger partial charge is 0.280 e. The van der Waals surface area contributed by atoms with Gasteiger partial charge in [-0.15, -0.1) is 0 Å². The molecule has 6 heteroatoms. The molecule has 1 unspecified atom stereocenters. The molecule has 1 fully saturated rings. The number of rotatable bonds is 5. The monoisotopic (exact) mass is 292 g/mol. The molecular formula is C15H20N2O4. The summed E-state index contributed by atoms with van der Waals surface area (Å²) < 4.78 is 5.69. The summed E-state index contributed by atoms with van der Waals surface area (Å²) >= 11 is 0. The quantitative estimate of drug-likeness (QED) is 0.474. The lowest BCUT2D eigenvalue weighted by atomic mass is 10.1. The van der Waals surface area contributed by atoms with E-state index < -0.39 is 4.92 Å². The van der Waals surface area contributed by atoms with E-state index in [9.17, 15) is 14.9 Å². The summed E-state index contributed by atoms with van der Waals surface area (Å²) in [7, 11) is 1.91. The van der Waals surface area contributed by atoms with E-state index in [4.69, 9.17) is 4.74 Å². The van der Waals surface area contributed by atoms with E-state index in [0.29, 0.717) is 0 Å². The van der Waals surface area contributed by atoms with Gasteiger partial charge in [0.05, 0.1) is 16.6 Å². The number of hydrogen-bond acceptors (Lipinski definition) is 5. The highest BCUT2D eigenvalue weighted by atomic mass is 16.6. The Morgan fingerprint density at radius 3 is 2.81 bits per heavy atom. The van der Waals surface area contributed by atoms with Gasteiger partial charge in [-0.2, -0.15) is 0 Å². The fourth-order valence-corrected chi connectivity index (χ4v) is 2.56. The second kappa shape index (κ2) is 6.67. The van der Waals surface area contributed by atoms with Gasteiger partial charge < -0.3 is 9.64 Å². The van der Waals surface area contributed by atoms with E-state index in [-0.39, 0.29) is 23.1 Å². The molecule has 0 radical (unpaired) electrons. The van der Waals surface area contributed by atoms with E-state index in [1.54, 1.807) is 12.1 Å². The van der Waals surface area contributed by atoms with Crippen molar-refractivity contribution in [3.63, 3.8) is 0 Å². The van der Waals surface area contributed by atoms with E-state index in [2.05, 4.69) is 0 Å². The van der Waals surface area contributed by atoms with Gasteiger partial charge in [-0.25, -0.2) is 0 Å². The molecule has 0 saturated carbocycles. The minimum absolute atomic E-state index is 0.145. The summed E-state index contributed by atoms with van der Waals surface area (Å²) in [6, 6.07) is 4.65. The van der Waals surface area contributed by atoms with Crippen LogP contribution in [0.3, 0.4) is 0 Å². The van der Waals surface area contributed by atoms with Crippen molar-refractivity contribution in [2.45, 2.75) is 32.3 Å². The highest BCUT2D eigenvalue weighted by molar-refractivity contribution is 5.99. The maximum atomic E-state index is 11.6. The molecular weight excluding hydrogens is 272 g/mol. The number of nitro benzene ring substituents is 1. The molecule has 1 aromatic rings. The molecule has 0 N–H and O–H groups in total. The SMILES string of the molecule is CC(=O)c1cc(N(C)CC2CCCCO2)ccc1[N+](=O)[O-]. The normalized spacial score (nSPS) is 18.3. The third kappa shape index (κ3) is 3.78. The Balaban J connectivity index is 2.17. The van der Waals surface area contributed by atoms with Crippen LogP contribution in [0.4, 0.5) is 11.4 Å². The summed E-state index contributed by atoms with van der Waals surface area (Å²) in [5.74, 6) is -0.300. The summed E-state index contributed by atoms with van der Waals surface area (Å²) in [6.07, 6.45) is 3.47. The van der Waals surface area contributed by atoms with Crippen molar-refractivity contribution in [3.05, 3.63) is 33.9 Å². The molecule has 21 heavy (non-hydrogen) atoms. The predicted molar refractivity (Wildman–Crippen MR) is 80.0 cm³/mol. The number of carbonyl (C=O) groups is 1. The minimum atomic E-state index is -0.523. The Morgan fingerprint density at radius 2 is 2.24 bits per heavy atom. The molecule has 2 rings (SSSR count). The van der Waals surface area contributed by atoms with Gasteiger partial charge in [0.15, 0.2) is 5.78 Å². The van der Waals surface area contributed by atoms with Crippen LogP contribution in [0.15, 0.2) is 18.2 Å². The van der Waals surface area contributed by atoms with Crippen molar-refractivity contribution in [3.8, 4) is 0 Å². The Labute approximate surface area is 123 Å². The number of benzene rings is 1. The molecule has 1 aromatic carbocycles. The van der Waals surface area contributed by atoms with Crippen LogP contribution in [0.1, 0.15) is 36.5 Å². The summed E-state index contributed by atoms with van der Waals surface area (Å²) in [5.41, 5.74) is 0.794. The number of nitrogens with zero attached hydrogens (tertiary/aromatic N) is 2. The maximum Gasteiger partial charge on any atom is 0.280 e. The third-order valence-corrected chi connectivity index (χ3v) is 3.75. The summed E-state index contributed by atoms with van der Waals surface area (Å²) in [4.78, 5) is 24.0. The first-order valence-electron chi connectivity index (χ1n) is 7.11. The van der Waals surface area contributed by atoms with Crippen LogP contribution in [0.25, 0.3) is 0 Å². The number of ketones is 1. The largest absolute Gasteiger partial charge is 0.376 e. The zero-order chi connectivity index (χ0) is 15.4. The molecule has 0 bridgehead atoms. The summed E-state index contributed by atoms with van der Waals surface area (Å²) in [5, 5.41) is 10.9. The number of hydrogen-bond donors (Lipinski definition) is 0. The van der Waals surface area contributed by atoms with Crippen LogP contribution < -0.4 is 4.90 Å². The standard InChI is InChI=1S/C15H20N2O4/c1-11(18)14-9-12(6-7-15(14)17(19)20)16(2)10-13-5-3-4-8-21-13/h6-7,9,13H,3-5,8,10H2,1-2H3. The highest BCUT2D eigenvalue weighted by Gasteiger charge is 2.20. The molecule has 0 aromatic heterocycles. The molecule has 1 atom stereocenters. The van der Waals surface area contributed by atoms with Crippen molar-refractivity contribution < 1.29 is 14.5 Å². The average Bonchev–Trinajstić information content (AvgIpc) is 2.47. The van der Waals surface area contributed by atoms with Crippen LogP contribution in [0.5, 0.6) is 0 Å². The third-order valence-electron chi connectivity index (χ3n) is 3.75. The van der Waals surface area contributed by atoms with Crippen molar-refractivity contribution >= 4 is 17.2 Å². The molecule has 1 aliphatic heterocycles. The Hall–Kier alpha value is -1.95. The molecule has 1 aliphatic rings. The van der Waals surface area contributed by atoms with Crippen molar-refractivity contribution in [1.82, 2.24) is 0 Å². The Kier molecular flexibility index (Phi) is 4.90. The van der Waals surface area contributed by atoms with Gasteiger partial charge in [0, 0.05) is 32.0 Å². The topological polar surface area (TPSA) is 72.7 Å². The van der Waals surface area contributed by atoms with Gasteiger partial charge in [0.1, 0.15) is 0 Å². The van der Waals surface area contributed by atoms with E-state index in [0.717, 1.165) is 38.1 Å². The fraction of sp³-hybridized carbons (Fsp3) is 0.533. The highest BCUT2D eigenvalue weighted by Crippen LogP contribution is 2.26. The molecule has 114 valence electrons. The fourth-order valence-electron chi connectivity index (χ4n) is 2.56. The number of anilines is 1. The lowest BCUT2D eigenvalue weighted by Gasteiger charge is -2.28. The van der Waals surface area contributed by atoms with Gasteiger partial charge >= 0.3 is 0 Å². The number of likely N-dealkylation sites (N-methyl/N-ethyl adjacent to an activating group) is 1. The first-order valence-corrected chi connectivity index (χ1v) is 7.11. The van der Waals surface area contributed by atoms with Crippen LogP contribution in [-0.4, -0.2) is 37.0 Å². The minimum Gasteiger partial charge on any atom is -0.376 e. The number of carbonyl (C=O) groups excluding carboxylic acids is 1. The lowest BCUT2D eigenvalue weighted by Crippen LogP contribution is -2.33. The second-order valence-corrected chi connectivity index (χ2v) is 5.38. The number of Topliss-reactive ketones (excluding diaryl/α,β-unsaturated/α-hetero) is 1. The van der Waals surface area contributed by atoms with Crippen LogP contribution in [0.2, 0.25) is 0 Å². The lowest BCUT2D eigenvalue weighted by molar-refractivity contribution is -0.385.